The molecular weight excluding hydrogens is 366 g/mol. The molecule has 0 aliphatic heterocycles. The second-order valence-corrected chi connectivity index (χ2v) is 7.35. The minimum Gasteiger partial charge on any atom is -0.467 e. The molecule has 0 amide bonds. The maximum Gasteiger partial charge on any atom is 0.264 e. The zero-order valence-electron chi connectivity index (χ0n) is 14.1. The van der Waals surface area contributed by atoms with Crippen molar-refractivity contribution in [2.45, 2.75) is 11.4 Å². The number of anilines is 1. The standard InChI is InChI=1S/C18H15N5O3S/c24-27(25,16-6-2-1-3-7-16)22-18-20-11-14(12-21-18)17-19-8-9-23(17)13-15-5-4-10-26-15/h1-12H,13H2,(H,20,21,22). The lowest BCUT2D eigenvalue weighted by atomic mass is 10.3. The van der Waals surface area contributed by atoms with Gasteiger partial charge in [0.15, 0.2) is 0 Å². The number of hydrogen-bond donors (Lipinski definition) is 1. The van der Waals surface area contributed by atoms with E-state index in [0.29, 0.717) is 17.9 Å². The number of imidazole rings is 1. The Hall–Kier alpha value is -3.46. The molecule has 9 heteroatoms. The summed E-state index contributed by atoms with van der Waals surface area (Å²) in [6.07, 6.45) is 8.16. The van der Waals surface area contributed by atoms with Gasteiger partial charge in [-0.1, -0.05) is 18.2 Å². The maximum atomic E-state index is 12.3. The topological polar surface area (TPSA) is 103 Å². The predicted octanol–water partition coefficient (Wildman–Crippen LogP) is 2.78. The van der Waals surface area contributed by atoms with Crippen molar-refractivity contribution in [3.05, 3.63) is 79.3 Å². The molecule has 0 radical (unpaired) electrons. The molecule has 1 N–H and O–H groups in total. The molecule has 4 aromatic rings. The van der Waals surface area contributed by atoms with E-state index in [-0.39, 0.29) is 10.8 Å². The lowest BCUT2D eigenvalue weighted by Crippen LogP contribution is -2.15. The quantitative estimate of drug-likeness (QED) is 0.551. The second-order valence-electron chi connectivity index (χ2n) is 5.67. The molecule has 0 fully saturated rings. The van der Waals surface area contributed by atoms with E-state index in [1.54, 1.807) is 30.7 Å². The molecule has 0 aliphatic rings. The summed E-state index contributed by atoms with van der Waals surface area (Å²) in [5.41, 5.74) is 0.661. The van der Waals surface area contributed by atoms with Crippen molar-refractivity contribution >= 4 is 16.0 Å². The van der Waals surface area contributed by atoms with Crippen LogP contribution < -0.4 is 4.72 Å². The Morgan fingerprint density at radius 3 is 2.48 bits per heavy atom. The van der Waals surface area contributed by atoms with Crippen molar-refractivity contribution in [3.8, 4) is 11.4 Å². The molecule has 3 aromatic heterocycles. The largest absolute Gasteiger partial charge is 0.467 e. The fourth-order valence-corrected chi connectivity index (χ4v) is 3.52. The molecule has 0 saturated carbocycles. The molecule has 0 saturated heterocycles. The van der Waals surface area contributed by atoms with E-state index in [2.05, 4.69) is 19.7 Å². The molecule has 1 aromatic carbocycles. The predicted molar refractivity (Wildman–Crippen MR) is 98.3 cm³/mol. The van der Waals surface area contributed by atoms with Crippen LogP contribution >= 0.6 is 0 Å². The molecule has 136 valence electrons. The van der Waals surface area contributed by atoms with Gasteiger partial charge in [-0.15, -0.1) is 0 Å². The van der Waals surface area contributed by atoms with Crippen LogP contribution in [0.15, 0.2) is 82.8 Å². The Morgan fingerprint density at radius 1 is 1.00 bits per heavy atom. The molecule has 3 heterocycles. The van der Waals surface area contributed by atoms with Gasteiger partial charge in [0.1, 0.15) is 11.6 Å². The smallest absolute Gasteiger partial charge is 0.264 e. The minimum atomic E-state index is -3.73. The fourth-order valence-electron chi connectivity index (χ4n) is 2.54. The van der Waals surface area contributed by atoms with E-state index in [9.17, 15) is 8.42 Å². The van der Waals surface area contributed by atoms with E-state index in [1.807, 2.05) is 22.9 Å². The molecular formula is C18H15N5O3S. The first-order valence-electron chi connectivity index (χ1n) is 8.06. The van der Waals surface area contributed by atoms with Crippen LogP contribution in [0, 0.1) is 0 Å². The number of nitrogens with zero attached hydrogens (tertiary/aromatic N) is 4. The summed E-state index contributed by atoms with van der Waals surface area (Å²) in [4.78, 5) is 12.7. The second kappa shape index (κ2) is 7.04. The number of aromatic nitrogens is 4. The van der Waals surface area contributed by atoms with Gasteiger partial charge in [0.25, 0.3) is 10.0 Å². The van der Waals surface area contributed by atoms with E-state index in [0.717, 1.165) is 5.76 Å². The van der Waals surface area contributed by atoms with E-state index in [1.165, 1.54) is 24.5 Å². The van der Waals surface area contributed by atoms with Crippen molar-refractivity contribution in [2.75, 3.05) is 4.72 Å². The number of benzene rings is 1. The van der Waals surface area contributed by atoms with Crippen LogP contribution in [0.4, 0.5) is 5.95 Å². The monoisotopic (exact) mass is 381 g/mol. The molecule has 0 spiro atoms. The summed E-state index contributed by atoms with van der Waals surface area (Å²) in [5, 5.41) is 0. The first-order valence-corrected chi connectivity index (χ1v) is 9.54. The highest BCUT2D eigenvalue weighted by molar-refractivity contribution is 7.92. The van der Waals surface area contributed by atoms with Gasteiger partial charge in [0, 0.05) is 24.8 Å². The number of nitrogens with one attached hydrogen (secondary N) is 1. The third-order valence-electron chi connectivity index (χ3n) is 3.81. The first kappa shape index (κ1) is 17.0. The molecule has 0 bridgehead atoms. The third-order valence-corrected chi connectivity index (χ3v) is 5.16. The van der Waals surface area contributed by atoms with Gasteiger partial charge < -0.3 is 8.98 Å². The van der Waals surface area contributed by atoms with Gasteiger partial charge in [-0.05, 0) is 24.3 Å². The zero-order chi connectivity index (χ0) is 18.7. The third kappa shape index (κ3) is 3.72. The van der Waals surface area contributed by atoms with Crippen molar-refractivity contribution < 1.29 is 12.8 Å². The van der Waals surface area contributed by atoms with Crippen LogP contribution in [0.3, 0.4) is 0 Å². The van der Waals surface area contributed by atoms with E-state index >= 15 is 0 Å². The Labute approximate surface area is 155 Å². The molecule has 8 nitrogen and oxygen atoms in total. The maximum absolute atomic E-state index is 12.3. The van der Waals surface area contributed by atoms with Crippen LogP contribution in [0.25, 0.3) is 11.4 Å². The normalized spacial score (nSPS) is 11.4. The lowest BCUT2D eigenvalue weighted by molar-refractivity contribution is 0.494. The van der Waals surface area contributed by atoms with Crippen molar-refractivity contribution in [3.63, 3.8) is 0 Å². The zero-order valence-corrected chi connectivity index (χ0v) is 14.9. The molecule has 27 heavy (non-hydrogen) atoms. The molecule has 0 atom stereocenters. The van der Waals surface area contributed by atoms with Gasteiger partial charge in [-0.3, -0.25) is 0 Å². The summed E-state index contributed by atoms with van der Waals surface area (Å²) in [6.45, 7) is 0.519. The molecule has 0 unspecified atom stereocenters. The number of sulfonamides is 1. The van der Waals surface area contributed by atoms with Gasteiger partial charge in [0.05, 0.1) is 23.3 Å². The van der Waals surface area contributed by atoms with Crippen molar-refractivity contribution in [1.82, 2.24) is 19.5 Å². The van der Waals surface area contributed by atoms with E-state index in [4.69, 9.17) is 4.42 Å². The van der Waals surface area contributed by atoms with Crippen LogP contribution in [0.2, 0.25) is 0 Å². The number of rotatable bonds is 6. The minimum absolute atomic E-state index is 0.00764. The Morgan fingerprint density at radius 2 is 1.78 bits per heavy atom. The van der Waals surface area contributed by atoms with Crippen LogP contribution in [-0.2, 0) is 16.6 Å². The number of furan rings is 1. The summed E-state index contributed by atoms with van der Waals surface area (Å²) < 4.78 is 34.3. The lowest BCUT2D eigenvalue weighted by Gasteiger charge is -2.08. The van der Waals surface area contributed by atoms with Crippen LogP contribution in [0.5, 0.6) is 0 Å². The van der Waals surface area contributed by atoms with Gasteiger partial charge in [-0.25, -0.2) is 28.1 Å². The van der Waals surface area contributed by atoms with Gasteiger partial charge in [-0.2, -0.15) is 0 Å². The Balaban J connectivity index is 1.54. The molecule has 4 rings (SSSR count). The van der Waals surface area contributed by atoms with Crippen LogP contribution in [-0.4, -0.2) is 27.9 Å². The van der Waals surface area contributed by atoms with Gasteiger partial charge >= 0.3 is 0 Å². The van der Waals surface area contributed by atoms with Crippen LogP contribution in [0.1, 0.15) is 5.76 Å². The first-order chi connectivity index (χ1) is 13.1. The SMILES string of the molecule is O=S(=O)(Nc1ncc(-c2nccn2Cc2ccco2)cn1)c1ccccc1. The highest BCUT2D eigenvalue weighted by Gasteiger charge is 2.15. The van der Waals surface area contributed by atoms with E-state index < -0.39 is 10.0 Å². The Bertz CT molecular complexity index is 1120. The summed E-state index contributed by atoms with van der Waals surface area (Å²) >= 11 is 0. The summed E-state index contributed by atoms with van der Waals surface area (Å²) in [7, 11) is -3.73. The summed E-state index contributed by atoms with van der Waals surface area (Å²) in [5.74, 6) is 1.44. The highest BCUT2D eigenvalue weighted by Crippen LogP contribution is 2.19. The van der Waals surface area contributed by atoms with Crippen molar-refractivity contribution in [2.24, 2.45) is 0 Å². The Kier molecular flexibility index (Phi) is 4.43. The summed E-state index contributed by atoms with van der Waals surface area (Å²) in [6, 6.07) is 11.7. The average molecular weight is 381 g/mol. The number of hydrogen-bond acceptors (Lipinski definition) is 6. The van der Waals surface area contributed by atoms with Gasteiger partial charge in [0.2, 0.25) is 5.95 Å². The fraction of sp³-hybridized carbons (Fsp3) is 0.0556. The van der Waals surface area contributed by atoms with Crippen molar-refractivity contribution in [1.29, 1.82) is 0 Å². The molecule has 0 aliphatic carbocycles. The average Bonchev–Trinajstić information content (AvgIpc) is 3.35. The highest BCUT2D eigenvalue weighted by atomic mass is 32.2.